The molecular formula is C30H22ClN3O. The SMILES string of the molecule is CC1=NN(c2cccc(Cl)c2)C(=O)/C1=C\c1cn(Cc2cccc3ccccc23)c2ccccc12. The van der Waals surface area contributed by atoms with E-state index in [0.29, 0.717) is 22.0 Å². The molecule has 0 unspecified atom stereocenters. The number of hydrogen-bond acceptors (Lipinski definition) is 2. The average molecular weight is 476 g/mol. The van der Waals surface area contributed by atoms with Gasteiger partial charge in [-0.2, -0.15) is 10.1 Å². The molecule has 0 aliphatic carbocycles. The molecule has 0 bridgehead atoms. The highest BCUT2D eigenvalue weighted by atomic mass is 35.5. The maximum Gasteiger partial charge on any atom is 0.280 e. The molecule has 0 saturated heterocycles. The molecule has 170 valence electrons. The fourth-order valence-corrected chi connectivity index (χ4v) is 4.94. The van der Waals surface area contributed by atoms with Gasteiger partial charge < -0.3 is 4.57 Å². The molecule has 2 heterocycles. The summed E-state index contributed by atoms with van der Waals surface area (Å²) < 4.78 is 2.25. The second-order valence-corrected chi connectivity index (χ2v) is 9.14. The molecule has 0 N–H and O–H groups in total. The van der Waals surface area contributed by atoms with Gasteiger partial charge in [-0.05, 0) is 53.6 Å². The maximum atomic E-state index is 13.3. The van der Waals surface area contributed by atoms with Gasteiger partial charge >= 0.3 is 0 Å². The first-order valence-electron chi connectivity index (χ1n) is 11.5. The van der Waals surface area contributed by atoms with Crippen LogP contribution in [-0.4, -0.2) is 16.2 Å². The third-order valence-electron chi connectivity index (χ3n) is 6.46. The van der Waals surface area contributed by atoms with Crippen molar-refractivity contribution >= 4 is 56.7 Å². The zero-order valence-corrected chi connectivity index (χ0v) is 19.9. The highest BCUT2D eigenvalue weighted by Crippen LogP contribution is 2.30. The van der Waals surface area contributed by atoms with E-state index in [1.807, 2.05) is 37.3 Å². The third-order valence-corrected chi connectivity index (χ3v) is 6.69. The Hall–Kier alpha value is -4.15. The topological polar surface area (TPSA) is 37.6 Å². The molecule has 1 aliphatic heterocycles. The van der Waals surface area contributed by atoms with Crippen molar-refractivity contribution in [1.82, 2.24) is 4.57 Å². The number of fused-ring (bicyclic) bond motifs is 2. The highest BCUT2D eigenvalue weighted by molar-refractivity contribution is 6.33. The second-order valence-electron chi connectivity index (χ2n) is 8.71. The quantitative estimate of drug-likeness (QED) is 0.251. The molecule has 0 spiro atoms. The summed E-state index contributed by atoms with van der Waals surface area (Å²) in [6.07, 6.45) is 4.08. The molecule has 4 aromatic carbocycles. The Bertz CT molecular complexity index is 1670. The highest BCUT2D eigenvalue weighted by Gasteiger charge is 2.29. The Morgan fingerprint density at radius 1 is 0.886 bits per heavy atom. The van der Waals surface area contributed by atoms with Crippen LogP contribution in [0.5, 0.6) is 0 Å². The zero-order valence-electron chi connectivity index (χ0n) is 19.1. The lowest BCUT2D eigenvalue weighted by Crippen LogP contribution is -2.21. The van der Waals surface area contributed by atoms with Crippen LogP contribution in [0, 0.1) is 0 Å². The fourth-order valence-electron chi connectivity index (χ4n) is 4.76. The summed E-state index contributed by atoms with van der Waals surface area (Å²) in [4.78, 5) is 13.3. The van der Waals surface area contributed by atoms with Crippen molar-refractivity contribution in [3.8, 4) is 0 Å². The summed E-state index contributed by atoms with van der Waals surface area (Å²) in [5.41, 5.74) is 5.29. The molecule has 35 heavy (non-hydrogen) atoms. The van der Waals surface area contributed by atoms with Crippen LogP contribution in [0.1, 0.15) is 18.1 Å². The van der Waals surface area contributed by atoms with Gasteiger partial charge in [0.2, 0.25) is 0 Å². The van der Waals surface area contributed by atoms with Gasteiger partial charge in [0.25, 0.3) is 5.91 Å². The number of hydrazone groups is 1. The lowest BCUT2D eigenvalue weighted by Gasteiger charge is -2.11. The standard InChI is InChI=1S/C30H22ClN3O/c1-20-28(30(35)34(32-20)25-12-7-11-24(31)17-25)16-23-19-33(29-15-5-4-14-27(23)29)18-22-10-6-9-21-8-2-3-13-26(21)22/h2-17,19H,18H2,1H3/b28-16-. The minimum atomic E-state index is -0.157. The number of anilines is 1. The Balaban J connectivity index is 1.41. The normalized spacial score (nSPS) is 14.9. The smallest absolute Gasteiger partial charge is 0.280 e. The van der Waals surface area contributed by atoms with Crippen molar-refractivity contribution in [2.45, 2.75) is 13.5 Å². The van der Waals surface area contributed by atoms with E-state index in [2.05, 4.69) is 70.5 Å². The van der Waals surface area contributed by atoms with E-state index in [1.54, 1.807) is 12.1 Å². The Morgan fingerprint density at radius 2 is 1.63 bits per heavy atom. The van der Waals surface area contributed by atoms with E-state index < -0.39 is 0 Å². The summed E-state index contributed by atoms with van der Waals surface area (Å²) in [7, 11) is 0. The van der Waals surface area contributed by atoms with Crippen molar-refractivity contribution in [2.75, 3.05) is 5.01 Å². The summed E-state index contributed by atoms with van der Waals surface area (Å²) in [6, 6.07) is 30.4. The van der Waals surface area contributed by atoms with E-state index in [9.17, 15) is 4.79 Å². The number of rotatable bonds is 4. The van der Waals surface area contributed by atoms with Crippen LogP contribution in [0.15, 0.2) is 108 Å². The lowest BCUT2D eigenvalue weighted by atomic mass is 10.0. The largest absolute Gasteiger partial charge is 0.342 e. The molecule has 1 amide bonds. The molecule has 0 atom stereocenters. The number of carbonyl (C=O) groups excluding carboxylic acids is 1. The number of halogens is 1. The Labute approximate surface area is 208 Å². The zero-order chi connectivity index (χ0) is 23.9. The number of para-hydroxylation sites is 1. The van der Waals surface area contributed by atoms with Gasteiger partial charge in [0.15, 0.2) is 0 Å². The van der Waals surface area contributed by atoms with Crippen molar-refractivity contribution in [2.24, 2.45) is 5.10 Å². The number of hydrogen-bond donors (Lipinski definition) is 0. The van der Waals surface area contributed by atoms with Crippen LogP contribution in [0.4, 0.5) is 5.69 Å². The van der Waals surface area contributed by atoms with E-state index in [1.165, 1.54) is 21.3 Å². The van der Waals surface area contributed by atoms with Crippen molar-refractivity contribution < 1.29 is 4.79 Å². The van der Waals surface area contributed by atoms with Crippen molar-refractivity contribution in [1.29, 1.82) is 0 Å². The second kappa shape index (κ2) is 8.57. The van der Waals surface area contributed by atoms with Crippen LogP contribution >= 0.6 is 11.6 Å². The minimum absolute atomic E-state index is 0.157. The molecule has 4 nitrogen and oxygen atoms in total. The molecule has 1 aromatic heterocycles. The van der Waals surface area contributed by atoms with Gasteiger partial charge in [-0.25, -0.2) is 0 Å². The molecule has 0 fully saturated rings. The summed E-state index contributed by atoms with van der Waals surface area (Å²) in [5.74, 6) is -0.157. The lowest BCUT2D eigenvalue weighted by molar-refractivity contribution is -0.114. The molecule has 6 rings (SSSR count). The van der Waals surface area contributed by atoms with E-state index in [4.69, 9.17) is 11.6 Å². The molecule has 1 aliphatic rings. The van der Waals surface area contributed by atoms with Gasteiger partial charge in [-0.1, -0.05) is 78.3 Å². The predicted molar refractivity (Wildman–Crippen MR) is 145 cm³/mol. The Morgan fingerprint density at radius 3 is 2.49 bits per heavy atom. The van der Waals surface area contributed by atoms with Gasteiger partial charge in [-0.3, -0.25) is 4.79 Å². The Kier molecular flexibility index (Phi) is 5.24. The maximum absolute atomic E-state index is 13.3. The van der Waals surface area contributed by atoms with Crippen molar-refractivity contribution in [3.63, 3.8) is 0 Å². The third kappa shape index (κ3) is 3.82. The molecule has 5 aromatic rings. The van der Waals surface area contributed by atoms with Gasteiger partial charge in [0.05, 0.1) is 17.0 Å². The first-order chi connectivity index (χ1) is 17.1. The van der Waals surface area contributed by atoms with Crippen LogP contribution in [-0.2, 0) is 11.3 Å². The van der Waals surface area contributed by atoms with Crippen LogP contribution < -0.4 is 5.01 Å². The number of carbonyl (C=O) groups is 1. The van der Waals surface area contributed by atoms with Crippen LogP contribution in [0.25, 0.3) is 27.8 Å². The number of benzene rings is 4. The van der Waals surface area contributed by atoms with E-state index in [-0.39, 0.29) is 5.91 Å². The van der Waals surface area contributed by atoms with Gasteiger partial charge in [0, 0.05) is 34.2 Å². The monoisotopic (exact) mass is 475 g/mol. The average Bonchev–Trinajstić information content (AvgIpc) is 3.36. The summed E-state index contributed by atoms with van der Waals surface area (Å²) in [5, 5.41) is 10.1. The van der Waals surface area contributed by atoms with Crippen LogP contribution in [0.3, 0.4) is 0 Å². The molecule has 0 radical (unpaired) electrons. The van der Waals surface area contributed by atoms with Gasteiger partial charge in [0.1, 0.15) is 0 Å². The number of nitrogens with zero attached hydrogens (tertiary/aromatic N) is 3. The summed E-state index contributed by atoms with van der Waals surface area (Å²) in [6.45, 7) is 2.60. The summed E-state index contributed by atoms with van der Waals surface area (Å²) >= 11 is 6.14. The first-order valence-corrected chi connectivity index (χ1v) is 11.9. The predicted octanol–water partition coefficient (Wildman–Crippen LogP) is 7.30. The van der Waals surface area contributed by atoms with Crippen LogP contribution in [0.2, 0.25) is 5.02 Å². The van der Waals surface area contributed by atoms with E-state index >= 15 is 0 Å². The molecule has 0 saturated carbocycles. The minimum Gasteiger partial charge on any atom is -0.342 e. The van der Waals surface area contributed by atoms with Gasteiger partial charge in [-0.15, -0.1) is 0 Å². The number of aromatic nitrogens is 1. The van der Waals surface area contributed by atoms with Crippen molar-refractivity contribution in [3.05, 3.63) is 119 Å². The first kappa shape index (κ1) is 21.4. The fraction of sp³-hybridized carbons (Fsp3) is 0.0667. The molecular weight excluding hydrogens is 454 g/mol. The van der Waals surface area contributed by atoms with E-state index in [0.717, 1.165) is 23.0 Å². The number of amides is 1. The molecule has 5 heteroatoms.